The van der Waals surface area contributed by atoms with Crippen molar-refractivity contribution in [1.82, 2.24) is 0 Å². The molecule has 8 heteroatoms. The number of ether oxygens (including phenoxy) is 1. The van der Waals surface area contributed by atoms with Gasteiger partial charge in [0.1, 0.15) is 6.61 Å². The average Bonchev–Trinajstić information content (AvgIpc) is 2.44. The molecular weight excluding hydrogens is 300 g/mol. The zero-order valence-corrected chi connectivity index (χ0v) is 11.3. The number of non-ortho nitro benzene ring substituents is 1. The second-order valence-electron chi connectivity index (χ2n) is 4.08. The standard InChI is InChI=1S/C13H9ClN2O5/c14-10-3-1-2-9(6-10)8-21-13-5-4-11(15(17)18)7-12(13)16(19)20/h1-7H,8H2. The molecular formula is C13H9ClN2O5. The molecule has 0 fully saturated rings. The van der Waals surface area contributed by atoms with Gasteiger partial charge in [0.2, 0.25) is 0 Å². The normalized spacial score (nSPS) is 10.1. The zero-order valence-electron chi connectivity index (χ0n) is 10.6. The minimum atomic E-state index is -0.722. The van der Waals surface area contributed by atoms with Crippen molar-refractivity contribution < 1.29 is 14.6 Å². The minimum Gasteiger partial charge on any atom is -0.482 e. The van der Waals surface area contributed by atoms with Crippen molar-refractivity contribution in [3.63, 3.8) is 0 Å². The molecule has 0 unspecified atom stereocenters. The van der Waals surface area contributed by atoms with Crippen LogP contribution in [0.15, 0.2) is 42.5 Å². The molecule has 2 aromatic carbocycles. The Morgan fingerprint density at radius 2 is 1.81 bits per heavy atom. The van der Waals surface area contributed by atoms with Crippen LogP contribution in [0.25, 0.3) is 0 Å². The number of halogens is 1. The number of rotatable bonds is 5. The van der Waals surface area contributed by atoms with Gasteiger partial charge in [-0.1, -0.05) is 23.7 Å². The van der Waals surface area contributed by atoms with Gasteiger partial charge in [0, 0.05) is 11.1 Å². The maximum absolute atomic E-state index is 10.9. The van der Waals surface area contributed by atoms with Gasteiger partial charge in [-0.15, -0.1) is 0 Å². The average molecular weight is 309 g/mol. The van der Waals surface area contributed by atoms with Gasteiger partial charge in [0.15, 0.2) is 5.75 Å². The number of hydrogen-bond acceptors (Lipinski definition) is 5. The van der Waals surface area contributed by atoms with Crippen molar-refractivity contribution in [1.29, 1.82) is 0 Å². The lowest BCUT2D eigenvalue weighted by Gasteiger charge is -2.07. The van der Waals surface area contributed by atoms with E-state index in [1.165, 1.54) is 6.07 Å². The third-order valence-electron chi connectivity index (χ3n) is 2.63. The third-order valence-corrected chi connectivity index (χ3v) is 2.87. The van der Waals surface area contributed by atoms with Crippen molar-refractivity contribution >= 4 is 23.0 Å². The summed E-state index contributed by atoms with van der Waals surface area (Å²) in [5, 5.41) is 22.1. The third kappa shape index (κ3) is 3.67. The highest BCUT2D eigenvalue weighted by atomic mass is 35.5. The molecule has 0 spiro atoms. The molecule has 0 aromatic heterocycles. The Kier molecular flexibility index (Phi) is 4.34. The molecule has 2 rings (SSSR count). The Balaban J connectivity index is 2.23. The van der Waals surface area contributed by atoms with Crippen LogP contribution in [0, 0.1) is 20.2 Å². The Labute approximate surface area is 124 Å². The molecule has 0 N–H and O–H groups in total. The van der Waals surface area contributed by atoms with Crippen LogP contribution in [0.5, 0.6) is 5.75 Å². The fraction of sp³-hybridized carbons (Fsp3) is 0.0769. The summed E-state index contributed by atoms with van der Waals surface area (Å²) in [7, 11) is 0. The molecule has 7 nitrogen and oxygen atoms in total. The van der Waals surface area contributed by atoms with Gasteiger partial charge in [0.25, 0.3) is 5.69 Å². The van der Waals surface area contributed by atoms with Gasteiger partial charge in [-0.2, -0.15) is 0 Å². The predicted octanol–water partition coefficient (Wildman–Crippen LogP) is 3.74. The lowest BCUT2D eigenvalue weighted by atomic mass is 10.2. The van der Waals surface area contributed by atoms with Crippen molar-refractivity contribution in [3.05, 3.63) is 73.3 Å². The van der Waals surface area contributed by atoms with Gasteiger partial charge >= 0.3 is 5.69 Å². The molecule has 0 atom stereocenters. The van der Waals surface area contributed by atoms with Crippen LogP contribution in [0.4, 0.5) is 11.4 Å². The molecule has 0 amide bonds. The molecule has 0 saturated heterocycles. The topological polar surface area (TPSA) is 95.5 Å². The molecule has 0 aliphatic carbocycles. The molecule has 0 saturated carbocycles. The van der Waals surface area contributed by atoms with Gasteiger partial charge in [0.05, 0.1) is 15.9 Å². The maximum atomic E-state index is 10.9. The number of hydrogen-bond donors (Lipinski definition) is 0. The van der Waals surface area contributed by atoms with E-state index in [2.05, 4.69) is 0 Å². The summed E-state index contributed by atoms with van der Waals surface area (Å²) in [6.07, 6.45) is 0. The Morgan fingerprint density at radius 1 is 1.05 bits per heavy atom. The lowest BCUT2D eigenvalue weighted by molar-refractivity contribution is -0.394. The second-order valence-corrected chi connectivity index (χ2v) is 4.52. The quantitative estimate of drug-likeness (QED) is 0.619. The summed E-state index contributed by atoms with van der Waals surface area (Å²) >= 11 is 5.83. The summed E-state index contributed by atoms with van der Waals surface area (Å²) in [5.74, 6) is -0.0365. The van der Waals surface area contributed by atoms with E-state index in [4.69, 9.17) is 16.3 Å². The summed E-state index contributed by atoms with van der Waals surface area (Å²) < 4.78 is 5.35. The zero-order chi connectivity index (χ0) is 15.4. The summed E-state index contributed by atoms with van der Waals surface area (Å²) in [6, 6.07) is 10.1. The van der Waals surface area contributed by atoms with Gasteiger partial charge in [-0.05, 0) is 23.8 Å². The molecule has 21 heavy (non-hydrogen) atoms. The number of nitrogens with zero attached hydrogens (tertiary/aromatic N) is 2. The largest absolute Gasteiger partial charge is 0.482 e. The van der Waals surface area contributed by atoms with Crippen molar-refractivity contribution in [2.75, 3.05) is 0 Å². The Morgan fingerprint density at radius 3 is 2.43 bits per heavy atom. The van der Waals surface area contributed by atoms with Gasteiger partial charge < -0.3 is 4.74 Å². The summed E-state index contributed by atoms with van der Waals surface area (Å²) in [5.41, 5.74) is -0.0850. The Bertz CT molecular complexity index is 705. The van der Waals surface area contributed by atoms with E-state index in [-0.39, 0.29) is 18.0 Å². The van der Waals surface area contributed by atoms with Crippen LogP contribution in [-0.2, 0) is 6.61 Å². The number of nitro benzene ring substituents is 2. The highest BCUT2D eigenvalue weighted by molar-refractivity contribution is 6.30. The van der Waals surface area contributed by atoms with Crippen LogP contribution < -0.4 is 4.74 Å². The molecule has 0 bridgehead atoms. The number of benzene rings is 2. The van der Waals surface area contributed by atoms with Crippen LogP contribution in [0.1, 0.15) is 5.56 Å². The summed E-state index contributed by atoms with van der Waals surface area (Å²) in [6.45, 7) is 0.0687. The van der Waals surface area contributed by atoms with E-state index in [1.54, 1.807) is 24.3 Å². The van der Waals surface area contributed by atoms with E-state index in [0.29, 0.717) is 5.02 Å². The van der Waals surface area contributed by atoms with Crippen LogP contribution in [0.3, 0.4) is 0 Å². The van der Waals surface area contributed by atoms with E-state index in [1.807, 2.05) is 0 Å². The monoisotopic (exact) mass is 308 g/mol. The molecule has 108 valence electrons. The van der Waals surface area contributed by atoms with Crippen molar-refractivity contribution in [2.45, 2.75) is 6.61 Å². The van der Waals surface area contributed by atoms with E-state index in [0.717, 1.165) is 17.7 Å². The molecule has 0 radical (unpaired) electrons. The highest BCUT2D eigenvalue weighted by Gasteiger charge is 2.20. The second kappa shape index (κ2) is 6.19. The van der Waals surface area contributed by atoms with Crippen LogP contribution >= 0.6 is 11.6 Å². The first-order valence-corrected chi connectivity index (χ1v) is 6.15. The fourth-order valence-electron chi connectivity index (χ4n) is 1.67. The first-order valence-electron chi connectivity index (χ1n) is 5.77. The number of nitro groups is 2. The first kappa shape index (κ1) is 14.7. The van der Waals surface area contributed by atoms with Crippen molar-refractivity contribution in [2.24, 2.45) is 0 Å². The van der Waals surface area contributed by atoms with Gasteiger partial charge in [-0.25, -0.2) is 0 Å². The summed E-state index contributed by atoms with van der Waals surface area (Å²) in [4.78, 5) is 20.2. The highest BCUT2D eigenvalue weighted by Crippen LogP contribution is 2.31. The van der Waals surface area contributed by atoms with Gasteiger partial charge in [-0.3, -0.25) is 20.2 Å². The SMILES string of the molecule is O=[N+]([O-])c1ccc(OCc2cccc(Cl)c2)c([N+](=O)[O-])c1. The van der Waals surface area contributed by atoms with Crippen molar-refractivity contribution in [3.8, 4) is 5.75 Å². The Hall–Kier alpha value is -2.67. The predicted molar refractivity (Wildman–Crippen MR) is 75.5 cm³/mol. The van der Waals surface area contributed by atoms with E-state index >= 15 is 0 Å². The smallest absolute Gasteiger partial charge is 0.317 e. The molecule has 0 heterocycles. The molecule has 0 aliphatic rings. The molecule has 0 aliphatic heterocycles. The maximum Gasteiger partial charge on any atom is 0.317 e. The van der Waals surface area contributed by atoms with E-state index in [9.17, 15) is 20.2 Å². The van der Waals surface area contributed by atoms with Crippen LogP contribution in [0.2, 0.25) is 5.02 Å². The molecule has 2 aromatic rings. The van der Waals surface area contributed by atoms with E-state index < -0.39 is 15.5 Å². The first-order chi connectivity index (χ1) is 9.97. The van der Waals surface area contributed by atoms with Crippen LogP contribution in [-0.4, -0.2) is 9.85 Å². The fourth-order valence-corrected chi connectivity index (χ4v) is 1.88. The minimum absolute atomic E-state index is 0.0365. The lowest BCUT2D eigenvalue weighted by Crippen LogP contribution is -2.00.